The highest BCUT2D eigenvalue weighted by atomic mass is 127. The Morgan fingerprint density at radius 1 is 1.11 bits per heavy atom. The van der Waals surface area contributed by atoms with E-state index in [9.17, 15) is 0 Å². The summed E-state index contributed by atoms with van der Waals surface area (Å²) >= 11 is 0. The number of aliphatic imine (C=N–C) groups is 1. The highest BCUT2D eigenvalue weighted by Gasteiger charge is 2.01. The van der Waals surface area contributed by atoms with Crippen LogP contribution in [0.2, 0.25) is 0 Å². The summed E-state index contributed by atoms with van der Waals surface area (Å²) in [5, 5.41) is 15.0. The third kappa shape index (κ3) is 7.00. The first-order valence-corrected chi connectivity index (χ1v) is 8.65. The third-order valence-corrected chi connectivity index (χ3v) is 3.90. The Hall–Kier alpha value is -2.43. The van der Waals surface area contributed by atoms with Crippen molar-refractivity contribution < 1.29 is 0 Å². The number of hydrogen-bond donors (Lipinski definition) is 2. The highest BCUT2D eigenvalue weighted by molar-refractivity contribution is 14.0. The molecule has 3 rings (SSSR count). The molecular weight excluding hydrogens is 455 g/mol. The molecule has 0 saturated carbocycles. The fraction of sp³-hybridized carbons (Fsp3) is 0.333. The average molecular weight is 480 g/mol. The molecule has 2 aromatic heterocycles. The van der Waals surface area contributed by atoms with Gasteiger partial charge in [-0.3, -0.25) is 9.67 Å². The van der Waals surface area contributed by atoms with Crippen LogP contribution in [0.5, 0.6) is 0 Å². The smallest absolute Gasteiger partial charge is 0.191 e. The lowest BCUT2D eigenvalue weighted by Gasteiger charge is -2.12. The first kappa shape index (κ1) is 20.9. The van der Waals surface area contributed by atoms with Gasteiger partial charge in [0.2, 0.25) is 0 Å². The van der Waals surface area contributed by atoms with Crippen molar-refractivity contribution >= 4 is 29.9 Å². The zero-order chi connectivity index (χ0) is 18.0. The minimum absolute atomic E-state index is 0. The maximum atomic E-state index is 4.27. The lowest BCUT2D eigenvalue weighted by atomic mass is 10.1. The molecule has 144 valence electrons. The number of rotatable bonds is 8. The number of aryl methyl sites for hydroxylation is 1. The second-order valence-electron chi connectivity index (χ2n) is 5.89. The fourth-order valence-electron chi connectivity index (χ4n) is 2.63. The first-order valence-electron chi connectivity index (χ1n) is 8.65. The number of guanidine groups is 1. The molecule has 1 aromatic carbocycles. The molecule has 0 amide bonds. The topological polar surface area (TPSA) is 85.0 Å². The Balaban J connectivity index is 0.00000261. The second-order valence-corrected chi connectivity index (χ2v) is 5.89. The number of nitrogens with zero attached hydrogens (tertiary/aromatic N) is 6. The normalized spacial score (nSPS) is 11.1. The molecule has 0 atom stereocenters. The summed E-state index contributed by atoms with van der Waals surface area (Å²) in [5.41, 5.74) is 2.39. The summed E-state index contributed by atoms with van der Waals surface area (Å²) in [6.45, 7) is 3.16. The predicted molar refractivity (Wildman–Crippen MR) is 116 cm³/mol. The minimum atomic E-state index is 0. The molecule has 0 unspecified atom stereocenters. The summed E-state index contributed by atoms with van der Waals surface area (Å²) in [5.74, 6) is 0.798. The second kappa shape index (κ2) is 11.3. The van der Waals surface area contributed by atoms with E-state index < -0.39 is 0 Å². The molecule has 0 aliphatic rings. The van der Waals surface area contributed by atoms with Crippen molar-refractivity contribution in [3.63, 3.8) is 0 Å². The molecule has 0 spiro atoms. The standard InChI is InChI=1S/C18H24N8.HI/c1-19-18(21-7-3-9-25-10-4-8-23-25)22-12-16-5-2-6-17(11-16)13-26-15-20-14-24-26;/h2,4-6,8,10-11,14-15H,3,7,9,12-13H2,1H3,(H2,19,21,22);1H. The van der Waals surface area contributed by atoms with Gasteiger partial charge in [0.1, 0.15) is 12.7 Å². The minimum Gasteiger partial charge on any atom is -0.356 e. The van der Waals surface area contributed by atoms with Crippen LogP contribution in [0.15, 0.2) is 60.4 Å². The van der Waals surface area contributed by atoms with Gasteiger partial charge in [-0.05, 0) is 23.6 Å². The van der Waals surface area contributed by atoms with Crippen molar-refractivity contribution in [1.82, 2.24) is 35.2 Å². The highest BCUT2D eigenvalue weighted by Crippen LogP contribution is 2.06. The monoisotopic (exact) mass is 480 g/mol. The molecule has 0 aliphatic heterocycles. The Kier molecular flexibility index (Phi) is 8.75. The number of nitrogens with one attached hydrogen (secondary N) is 2. The number of aromatic nitrogens is 5. The summed E-state index contributed by atoms with van der Waals surface area (Å²) in [6.07, 6.45) is 8.02. The lowest BCUT2D eigenvalue weighted by Crippen LogP contribution is -2.37. The van der Waals surface area contributed by atoms with Crippen molar-refractivity contribution in [2.45, 2.75) is 26.1 Å². The Morgan fingerprint density at radius 3 is 2.74 bits per heavy atom. The van der Waals surface area contributed by atoms with Crippen LogP contribution in [0.1, 0.15) is 17.5 Å². The van der Waals surface area contributed by atoms with Gasteiger partial charge in [0.15, 0.2) is 5.96 Å². The Bertz CT molecular complexity index is 799. The van der Waals surface area contributed by atoms with Gasteiger partial charge in [0.05, 0.1) is 6.54 Å². The van der Waals surface area contributed by atoms with Gasteiger partial charge in [-0.1, -0.05) is 24.3 Å². The maximum absolute atomic E-state index is 4.27. The van der Waals surface area contributed by atoms with Gasteiger partial charge in [-0.2, -0.15) is 10.2 Å². The molecule has 27 heavy (non-hydrogen) atoms. The van der Waals surface area contributed by atoms with E-state index in [0.29, 0.717) is 13.1 Å². The molecule has 2 heterocycles. The summed E-state index contributed by atoms with van der Waals surface area (Å²) < 4.78 is 3.74. The molecule has 0 bridgehead atoms. The molecule has 0 fully saturated rings. The maximum Gasteiger partial charge on any atom is 0.191 e. The van der Waals surface area contributed by atoms with Gasteiger partial charge in [0, 0.05) is 39.1 Å². The van der Waals surface area contributed by atoms with E-state index >= 15 is 0 Å². The largest absolute Gasteiger partial charge is 0.356 e. The zero-order valence-corrected chi connectivity index (χ0v) is 17.7. The Labute approximate surface area is 176 Å². The van der Waals surface area contributed by atoms with Crippen molar-refractivity contribution in [2.24, 2.45) is 4.99 Å². The molecular formula is C18H25IN8. The van der Waals surface area contributed by atoms with E-state index in [4.69, 9.17) is 0 Å². The van der Waals surface area contributed by atoms with Gasteiger partial charge in [0.25, 0.3) is 0 Å². The number of halogens is 1. The van der Waals surface area contributed by atoms with E-state index in [1.165, 1.54) is 11.1 Å². The van der Waals surface area contributed by atoms with Crippen molar-refractivity contribution in [3.05, 3.63) is 66.5 Å². The molecule has 0 saturated heterocycles. The van der Waals surface area contributed by atoms with Crippen LogP contribution in [0, 0.1) is 0 Å². The quantitative estimate of drug-likeness (QED) is 0.223. The summed E-state index contributed by atoms with van der Waals surface area (Å²) in [7, 11) is 1.78. The fourth-order valence-corrected chi connectivity index (χ4v) is 2.63. The molecule has 9 heteroatoms. The van der Waals surface area contributed by atoms with Crippen LogP contribution in [0.25, 0.3) is 0 Å². The van der Waals surface area contributed by atoms with Gasteiger partial charge in [-0.25, -0.2) is 9.67 Å². The lowest BCUT2D eigenvalue weighted by molar-refractivity contribution is 0.570. The van der Waals surface area contributed by atoms with E-state index in [2.05, 4.69) is 55.1 Å². The van der Waals surface area contributed by atoms with Gasteiger partial charge < -0.3 is 10.6 Å². The summed E-state index contributed by atoms with van der Waals surface area (Å²) in [6, 6.07) is 10.4. The van der Waals surface area contributed by atoms with Crippen molar-refractivity contribution in [3.8, 4) is 0 Å². The molecule has 8 nitrogen and oxygen atoms in total. The van der Waals surface area contributed by atoms with E-state index in [1.54, 1.807) is 25.9 Å². The van der Waals surface area contributed by atoms with Crippen molar-refractivity contribution in [2.75, 3.05) is 13.6 Å². The van der Waals surface area contributed by atoms with Crippen LogP contribution in [0.3, 0.4) is 0 Å². The molecule has 3 aromatic rings. The third-order valence-electron chi connectivity index (χ3n) is 3.90. The summed E-state index contributed by atoms with van der Waals surface area (Å²) in [4.78, 5) is 8.24. The molecule has 2 N–H and O–H groups in total. The predicted octanol–water partition coefficient (Wildman–Crippen LogP) is 1.90. The van der Waals surface area contributed by atoms with Crippen molar-refractivity contribution in [1.29, 1.82) is 0 Å². The van der Waals surface area contributed by atoms with E-state index in [-0.39, 0.29) is 24.0 Å². The molecule has 0 radical (unpaired) electrons. The molecule has 0 aliphatic carbocycles. The average Bonchev–Trinajstić information content (AvgIpc) is 3.35. The SMILES string of the molecule is CN=C(NCCCn1cccn1)NCc1cccc(Cn2cncn2)c1.I. The van der Waals surface area contributed by atoms with Crippen LogP contribution in [-0.4, -0.2) is 44.1 Å². The van der Waals surface area contributed by atoms with Gasteiger partial charge >= 0.3 is 0 Å². The van der Waals surface area contributed by atoms with Crippen LogP contribution in [-0.2, 0) is 19.6 Å². The van der Waals surface area contributed by atoms with E-state index in [0.717, 1.165) is 25.5 Å². The van der Waals surface area contributed by atoms with Gasteiger partial charge in [-0.15, -0.1) is 24.0 Å². The number of hydrogen-bond acceptors (Lipinski definition) is 4. The Morgan fingerprint density at radius 2 is 2.00 bits per heavy atom. The van der Waals surface area contributed by atoms with Crippen LogP contribution >= 0.6 is 24.0 Å². The van der Waals surface area contributed by atoms with Crippen LogP contribution < -0.4 is 10.6 Å². The first-order chi connectivity index (χ1) is 12.8. The number of benzene rings is 1. The zero-order valence-electron chi connectivity index (χ0n) is 15.3. The van der Waals surface area contributed by atoms with E-state index in [1.807, 2.05) is 21.6 Å². The van der Waals surface area contributed by atoms with Crippen LogP contribution in [0.4, 0.5) is 0 Å².